The molecule has 244 valence electrons. The zero-order valence-corrected chi connectivity index (χ0v) is 28.5. The molecule has 0 N–H and O–H groups in total. The molecule has 12 rings (SSSR count). The van der Waals surface area contributed by atoms with Crippen molar-refractivity contribution in [3.63, 3.8) is 0 Å². The molecule has 0 aliphatic heterocycles. The summed E-state index contributed by atoms with van der Waals surface area (Å²) in [6.07, 6.45) is 0. The van der Waals surface area contributed by atoms with Crippen molar-refractivity contribution in [3.8, 4) is 22.6 Å². The van der Waals surface area contributed by atoms with E-state index in [4.69, 9.17) is 14.4 Å². The van der Waals surface area contributed by atoms with Crippen LogP contribution in [0, 0.1) is 0 Å². The van der Waals surface area contributed by atoms with Crippen molar-refractivity contribution in [2.45, 2.75) is 0 Å². The maximum Gasteiger partial charge on any atom is 0.160 e. The molecule has 0 fully saturated rings. The highest BCUT2D eigenvalue weighted by Gasteiger charge is 2.18. The number of fused-ring (bicyclic) bond motifs is 14. The van der Waals surface area contributed by atoms with Crippen molar-refractivity contribution in [1.82, 2.24) is 9.97 Å². The summed E-state index contributed by atoms with van der Waals surface area (Å²) in [7, 11) is 0. The van der Waals surface area contributed by atoms with Gasteiger partial charge in [0.15, 0.2) is 5.82 Å². The Bertz CT molecular complexity index is 3520. The van der Waals surface area contributed by atoms with Gasteiger partial charge in [0.05, 0.1) is 11.2 Å². The molecule has 53 heavy (non-hydrogen) atoms. The van der Waals surface area contributed by atoms with Gasteiger partial charge < -0.3 is 4.42 Å². The van der Waals surface area contributed by atoms with Crippen molar-refractivity contribution >= 4 is 97.5 Å². The van der Waals surface area contributed by atoms with Gasteiger partial charge in [0.2, 0.25) is 0 Å². The van der Waals surface area contributed by atoms with Crippen molar-refractivity contribution in [2.75, 3.05) is 0 Å². The molecule has 0 radical (unpaired) electrons. The van der Waals surface area contributed by atoms with Gasteiger partial charge in [0.1, 0.15) is 11.2 Å². The first-order chi connectivity index (χ1) is 26.2. The van der Waals surface area contributed by atoms with Crippen LogP contribution < -0.4 is 0 Å². The van der Waals surface area contributed by atoms with Crippen LogP contribution in [0.15, 0.2) is 174 Å². The van der Waals surface area contributed by atoms with Gasteiger partial charge in [-0.3, -0.25) is 0 Å². The molecule has 2 aromatic heterocycles. The molecule has 0 spiro atoms. The standard InChI is InChI=1S/C50H28N2O/c1-2-11-31-24-35-25-33(18-17-32(35)23-30(31)10-1)49-48-36-12-4-3-9-29(36)20-22-45(48)51-50(52-49)34-19-21-41-44-27-42-39-15-7-5-13-37(39)38-14-6-8-16-40(38)43(42)28-47(44)53-46(41)26-34/h1-28H. The van der Waals surface area contributed by atoms with E-state index in [1.165, 1.54) is 59.2 Å². The Balaban J connectivity index is 1.08. The van der Waals surface area contributed by atoms with E-state index in [0.717, 1.165) is 55.0 Å². The van der Waals surface area contributed by atoms with Crippen LogP contribution in [0.5, 0.6) is 0 Å². The van der Waals surface area contributed by atoms with Crippen LogP contribution in [0.4, 0.5) is 0 Å². The number of benzene rings is 10. The molecule has 3 nitrogen and oxygen atoms in total. The molecule has 0 unspecified atom stereocenters. The molecule has 2 heterocycles. The summed E-state index contributed by atoms with van der Waals surface area (Å²) in [5, 5.41) is 17.9. The summed E-state index contributed by atoms with van der Waals surface area (Å²) < 4.78 is 6.67. The summed E-state index contributed by atoms with van der Waals surface area (Å²) in [6, 6.07) is 60.9. The summed E-state index contributed by atoms with van der Waals surface area (Å²) in [6.45, 7) is 0. The second-order valence-electron chi connectivity index (χ2n) is 14.1. The minimum atomic E-state index is 0.672. The Morgan fingerprint density at radius 1 is 0.321 bits per heavy atom. The average Bonchev–Trinajstić information content (AvgIpc) is 3.58. The summed E-state index contributed by atoms with van der Waals surface area (Å²) in [5.74, 6) is 0.672. The highest BCUT2D eigenvalue weighted by molar-refractivity contribution is 6.28. The van der Waals surface area contributed by atoms with E-state index in [1.807, 2.05) is 0 Å². The third-order valence-corrected chi connectivity index (χ3v) is 11.2. The lowest BCUT2D eigenvalue weighted by Crippen LogP contribution is -1.96. The molecule has 0 aliphatic carbocycles. The highest BCUT2D eigenvalue weighted by Crippen LogP contribution is 2.41. The second-order valence-corrected chi connectivity index (χ2v) is 14.1. The molecular formula is C50H28N2O. The van der Waals surface area contributed by atoms with Crippen LogP contribution in [0.3, 0.4) is 0 Å². The van der Waals surface area contributed by atoms with E-state index in [1.54, 1.807) is 0 Å². The topological polar surface area (TPSA) is 38.9 Å². The van der Waals surface area contributed by atoms with E-state index >= 15 is 0 Å². The fourth-order valence-electron chi connectivity index (χ4n) is 8.64. The first-order valence-corrected chi connectivity index (χ1v) is 18.1. The van der Waals surface area contributed by atoms with Gasteiger partial charge in [-0.05, 0) is 113 Å². The predicted molar refractivity (Wildman–Crippen MR) is 223 cm³/mol. The maximum absolute atomic E-state index is 6.67. The molecule has 0 bridgehead atoms. The van der Waals surface area contributed by atoms with Crippen LogP contribution in [0.2, 0.25) is 0 Å². The largest absolute Gasteiger partial charge is 0.456 e. The summed E-state index contributed by atoms with van der Waals surface area (Å²) in [4.78, 5) is 10.6. The smallest absolute Gasteiger partial charge is 0.160 e. The van der Waals surface area contributed by atoms with Gasteiger partial charge in [-0.15, -0.1) is 0 Å². The van der Waals surface area contributed by atoms with Crippen molar-refractivity contribution in [3.05, 3.63) is 170 Å². The van der Waals surface area contributed by atoms with Crippen LogP contribution in [-0.2, 0) is 0 Å². The van der Waals surface area contributed by atoms with E-state index in [9.17, 15) is 0 Å². The fraction of sp³-hybridized carbons (Fsp3) is 0. The maximum atomic E-state index is 6.67. The van der Waals surface area contributed by atoms with Gasteiger partial charge in [0.25, 0.3) is 0 Å². The predicted octanol–water partition coefficient (Wildman–Crippen LogP) is 13.8. The van der Waals surface area contributed by atoms with Gasteiger partial charge in [-0.25, -0.2) is 9.97 Å². The number of aromatic nitrogens is 2. The van der Waals surface area contributed by atoms with Gasteiger partial charge in [0, 0.05) is 27.3 Å². The van der Waals surface area contributed by atoms with E-state index in [0.29, 0.717) is 5.82 Å². The second kappa shape index (κ2) is 10.7. The number of rotatable bonds is 2. The molecule has 0 atom stereocenters. The van der Waals surface area contributed by atoms with E-state index in [-0.39, 0.29) is 0 Å². The van der Waals surface area contributed by atoms with Crippen LogP contribution in [0.1, 0.15) is 0 Å². The molecule has 3 heteroatoms. The minimum absolute atomic E-state index is 0.672. The lowest BCUT2D eigenvalue weighted by Gasteiger charge is -2.13. The van der Waals surface area contributed by atoms with E-state index < -0.39 is 0 Å². The third kappa shape index (κ3) is 4.22. The Labute approximate surface area is 303 Å². The summed E-state index contributed by atoms with van der Waals surface area (Å²) in [5.41, 5.74) is 5.51. The zero-order chi connectivity index (χ0) is 34.6. The third-order valence-electron chi connectivity index (χ3n) is 11.2. The normalized spacial score (nSPS) is 12.2. The molecule has 0 saturated heterocycles. The van der Waals surface area contributed by atoms with E-state index in [2.05, 4.69) is 170 Å². The summed E-state index contributed by atoms with van der Waals surface area (Å²) >= 11 is 0. The van der Waals surface area contributed by atoms with Crippen LogP contribution in [0.25, 0.3) is 120 Å². The fourth-order valence-corrected chi connectivity index (χ4v) is 8.64. The number of nitrogens with zero attached hydrogens (tertiary/aromatic N) is 2. The monoisotopic (exact) mass is 672 g/mol. The van der Waals surface area contributed by atoms with Crippen molar-refractivity contribution in [1.29, 1.82) is 0 Å². The first kappa shape index (κ1) is 28.6. The molecule has 12 aromatic rings. The highest BCUT2D eigenvalue weighted by atomic mass is 16.3. The average molecular weight is 673 g/mol. The van der Waals surface area contributed by atoms with Gasteiger partial charge in [-0.1, -0.05) is 121 Å². The number of hydrogen-bond acceptors (Lipinski definition) is 3. The molecular weight excluding hydrogens is 645 g/mol. The number of furan rings is 1. The Morgan fingerprint density at radius 2 is 0.887 bits per heavy atom. The molecule has 10 aromatic carbocycles. The van der Waals surface area contributed by atoms with Crippen LogP contribution >= 0.6 is 0 Å². The Kier molecular flexibility index (Phi) is 5.77. The SMILES string of the molecule is c1ccc2cc3cc(-c4nc(-c5ccc6c(c5)oc5cc7c8ccccc8c8ccccc8c7cc56)nc5ccc6ccccc6c45)ccc3cc2c1. The Morgan fingerprint density at radius 3 is 1.64 bits per heavy atom. The molecule has 0 saturated carbocycles. The van der Waals surface area contributed by atoms with Crippen molar-refractivity contribution < 1.29 is 4.42 Å². The Hall–Kier alpha value is -7.10. The zero-order valence-electron chi connectivity index (χ0n) is 28.5. The quantitative estimate of drug-likeness (QED) is 0.136. The first-order valence-electron chi connectivity index (χ1n) is 18.1. The lowest BCUT2D eigenvalue weighted by molar-refractivity contribution is 0.669. The van der Waals surface area contributed by atoms with Gasteiger partial charge in [-0.2, -0.15) is 0 Å². The van der Waals surface area contributed by atoms with Crippen LogP contribution in [-0.4, -0.2) is 9.97 Å². The lowest BCUT2D eigenvalue weighted by atomic mass is 9.93. The molecule has 0 aliphatic rings. The minimum Gasteiger partial charge on any atom is -0.456 e. The van der Waals surface area contributed by atoms with Gasteiger partial charge >= 0.3 is 0 Å². The molecule has 0 amide bonds. The number of hydrogen-bond donors (Lipinski definition) is 0. The van der Waals surface area contributed by atoms with Crippen molar-refractivity contribution in [2.24, 2.45) is 0 Å².